The lowest BCUT2D eigenvalue weighted by Crippen LogP contribution is -2.32. The van der Waals surface area contributed by atoms with Crippen LogP contribution in [0, 0.1) is 5.82 Å². The molecule has 0 bridgehead atoms. The molecule has 3 nitrogen and oxygen atoms in total. The van der Waals surface area contributed by atoms with Crippen molar-refractivity contribution in [1.29, 1.82) is 0 Å². The van der Waals surface area contributed by atoms with E-state index >= 15 is 0 Å². The van der Waals surface area contributed by atoms with Gasteiger partial charge in [-0.2, -0.15) is 0 Å². The van der Waals surface area contributed by atoms with E-state index in [0.717, 1.165) is 25.9 Å². The molecule has 0 saturated carbocycles. The Bertz CT molecular complexity index is 378. The molecule has 4 heteroatoms. The molecule has 1 aliphatic heterocycles. The number of methoxy groups -OCH3 is 1. The number of ether oxygens (including phenoxy) is 2. The van der Waals surface area contributed by atoms with Crippen molar-refractivity contribution >= 4 is 0 Å². The third-order valence-corrected chi connectivity index (χ3v) is 3.17. The normalized spacial score (nSPS) is 22.2. The van der Waals surface area contributed by atoms with Crippen LogP contribution in [0.3, 0.4) is 0 Å². The number of hydrogen-bond acceptors (Lipinski definition) is 3. The molecule has 1 saturated heterocycles. The second-order valence-corrected chi connectivity index (χ2v) is 4.32. The average Bonchev–Trinajstić information content (AvgIpc) is 2.39. The quantitative estimate of drug-likeness (QED) is 0.881. The van der Waals surface area contributed by atoms with Crippen molar-refractivity contribution in [2.75, 3.05) is 13.7 Å². The molecule has 1 aromatic carbocycles. The number of hydrogen-bond donors (Lipinski definition) is 1. The molecule has 2 atom stereocenters. The maximum atomic E-state index is 13.3. The fourth-order valence-electron chi connectivity index (χ4n) is 2.21. The van der Waals surface area contributed by atoms with Crippen molar-refractivity contribution in [3.8, 4) is 5.75 Å². The summed E-state index contributed by atoms with van der Waals surface area (Å²) < 4.78 is 24.1. The largest absolute Gasteiger partial charge is 0.496 e. The van der Waals surface area contributed by atoms with E-state index in [2.05, 4.69) is 0 Å². The molecule has 0 amide bonds. The van der Waals surface area contributed by atoms with Gasteiger partial charge in [0.15, 0.2) is 0 Å². The van der Waals surface area contributed by atoms with Gasteiger partial charge in [0.05, 0.1) is 19.3 Å². The van der Waals surface area contributed by atoms with Crippen LogP contribution in [0.25, 0.3) is 0 Å². The second-order valence-electron chi connectivity index (χ2n) is 4.32. The van der Waals surface area contributed by atoms with Gasteiger partial charge in [0.2, 0.25) is 0 Å². The smallest absolute Gasteiger partial charge is 0.123 e. The minimum absolute atomic E-state index is 0.0422. The maximum Gasteiger partial charge on any atom is 0.123 e. The molecule has 1 aliphatic rings. The lowest BCUT2D eigenvalue weighted by Gasteiger charge is -2.29. The zero-order chi connectivity index (χ0) is 12.3. The Morgan fingerprint density at radius 3 is 2.94 bits per heavy atom. The van der Waals surface area contributed by atoms with E-state index in [0.29, 0.717) is 11.3 Å². The van der Waals surface area contributed by atoms with Crippen LogP contribution in [-0.4, -0.2) is 19.8 Å². The SMILES string of the molecule is COc1ccc(F)cc1C(N)C1CCCCO1. The Morgan fingerprint density at radius 2 is 2.29 bits per heavy atom. The van der Waals surface area contributed by atoms with Crippen molar-refractivity contribution in [3.05, 3.63) is 29.6 Å². The highest BCUT2D eigenvalue weighted by Crippen LogP contribution is 2.31. The molecule has 1 fully saturated rings. The van der Waals surface area contributed by atoms with E-state index in [9.17, 15) is 4.39 Å². The summed E-state index contributed by atoms with van der Waals surface area (Å²) >= 11 is 0. The molecule has 1 heterocycles. The first-order valence-corrected chi connectivity index (χ1v) is 5.93. The monoisotopic (exact) mass is 239 g/mol. The van der Waals surface area contributed by atoms with Crippen LogP contribution in [0.2, 0.25) is 0 Å². The molecule has 1 aromatic rings. The number of nitrogens with two attached hydrogens (primary N) is 1. The Labute approximate surface area is 101 Å². The van der Waals surface area contributed by atoms with Gasteiger partial charge in [-0.05, 0) is 37.5 Å². The summed E-state index contributed by atoms with van der Waals surface area (Å²) in [6, 6.07) is 4.08. The summed E-state index contributed by atoms with van der Waals surface area (Å²) in [6.45, 7) is 0.732. The predicted octanol–water partition coefficient (Wildman–Crippen LogP) is 2.40. The van der Waals surface area contributed by atoms with E-state index in [1.807, 2.05) is 0 Å². The van der Waals surface area contributed by atoms with Crippen molar-refractivity contribution in [2.24, 2.45) is 5.73 Å². The van der Waals surface area contributed by atoms with E-state index in [-0.39, 0.29) is 18.0 Å². The zero-order valence-corrected chi connectivity index (χ0v) is 9.99. The van der Waals surface area contributed by atoms with Crippen LogP contribution < -0.4 is 10.5 Å². The second kappa shape index (κ2) is 5.47. The fourth-order valence-corrected chi connectivity index (χ4v) is 2.21. The molecule has 94 valence electrons. The third-order valence-electron chi connectivity index (χ3n) is 3.17. The lowest BCUT2D eigenvalue weighted by molar-refractivity contribution is -0.000432. The van der Waals surface area contributed by atoms with Gasteiger partial charge in [-0.25, -0.2) is 4.39 Å². The first-order valence-electron chi connectivity index (χ1n) is 5.93. The first-order chi connectivity index (χ1) is 8.22. The molecule has 0 aromatic heterocycles. The third kappa shape index (κ3) is 2.76. The van der Waals surface area contributed by atoms with Crippen LogP contribution >= 0.6 is 0 Å². The van der Waals surface area contributed by atoms with Gasteiger partial charge in [0.25, 0.3) is 0 Å². The number of rotatable bonds is 3. The summed E-state index contributed by atoms with van der Waals surface area (Å²) in [4.78, 5) is 0. The van der Waals surface area contributed by atoms with Crippen LogP contribution in [0.4, 0.5) is 4.39 Å². The number of benzene rings is 1. The van der Waals surface area contributed by atoms with E-state index in [1.165, 1.54) is 12.1 Å². The molecule has 2 unspecified atom stereocenters. The van der Waals surface area contributed by atoms with Crippen molar-refractivity contribution in [1.82, 2.24) is 0 Å². The molecular formula is C13H18FNO2. The predicted molar refractivity (Wildman–Crippen MR) is 63.5 cm³/mol. The summed E-state index contributed by atoms with van der Waals surface area (Å²) in [5, 5.41) is 0. The van der Waals surface area contributed by atoms with Crippen LogP contribution in [-0.2, 0) is 4.74 Å². The molecular weight excluding hydrogens is 221 g/mol. The van der Waals surface area contributed by atoms with E-state index in [1.54, 1.807) is 13.2 Å². The van der Waals surface area contributed by atoms with Gasteiger partial charge in [-0.1, -0.05) is 0 Å². The summed E-state index contributed by atoms with van der Waals surface area (Å²) in [5.41, 5.74) is 6.82. The molecule has 0 aliphatic carbocycles. The topological polar surface area (TPSA) is 44.5 Å². The van der Waals surface area contributed by atoms with Crippen molar-refractivity contribution < 1.29 is 13.9 Å². The minimum Gasteiger partial charge on any atom is -0.496 e. The highest BCUT2D eigenvalue weighted by atomic mass is 19.1. The van der Waals surface area contributed by atoms with Crippen LogP contribution in [0.15, 0.2) is 18.2 Å². The van der Waals surface area contributed by atoms with E-state index < -0.39 is 0 Å². The molecule has 17 heavy (non-hydrogen) atoms. The Morgan fingerprint density at radius 1 is 1.47 bits per heavy atom. The highest BCUT2D eigenvalue weighted by Gasteiger charge is 2.25. The van der Waals surface area contributed by atoms with Crippen LogP contribution in [0.1, 0.15) is 30.9 Å². The first kappa shape index (κ1) is 12.3. The Balaban J connectivity index is 2.21. The standard InChI is InChI=1S/C13H18FNO2/c1-16-11-6-5-9(14)8-10(11)13(15)12-4-2-3-7-17-12/h5-6,8,12-13H,2-4,7,15H2,1H3. The fraction of sp³-hybridized carbons (Fsp3) is 0.538. The Kier molecular flexibility index (Phi) is 3.97. The molecule has 0 radical (unpaired) electrons. The zero-order valence-electron chi connectivity index (χ0n) is 9.99. The minimum atomic E-state index is -0.332. The van der Waals surface area contributed by atoms with Gasteiger partial charge in [-0.3, -0.25) is 0 Å². The van der Waals surface area contributed by atoms with E-state index in [4.69, 9.17) is 15.2 Å². The molecule has 2 rings (SSSR count). The van der Waals surface area contributed by atoms with Gasteiger partial charge in [-0.15, -0.1) is 0 Å². The average molecular weight is 239 g/mol. The molecule has 0 spiro atoms. The lowest BCUT2D eigenvalue weighted by atomic mass is 9.96. The molecule has 2 N–H and O–H groups in total. The van der Waals surface area contributed by atoms with Gasteiger partial charge in [0, 0.05) is 12.2 Å². The summed E-state index contributed by atoms with van der Waals surface area (Å²) in [5.74, 6) is 0.320. The van der Waals surface area contributed by atoms with Crippen molar-refractivity contribution in [2.45, 2.75) is 31.4 Å². The van der Waals surface area contributed by atoms with Gasteiger partial charge < -0.3 is 15.2 Å². The van der Waals surface area contributed by atoms with Crippen LogP contribution in [0.5, 0.6) is 5.75 Å². The number of halogens is 1. The Hall–Kier alpha value is -1.13. The van der Waals surface area contributed by atoms with Crippen molar-refractivity contribution in [3.63, 3.8) is 0 Å². The maximum absolute atomic E-state index is 13.3. The summed E-state index contributed by atoms with van der Waals surface area (Å²) in [7, 11) is 1.56. The summed E-state index contributed by atoms with van der Waals surface area (Å²) in [6.07, 6.45) is 3.06. The van der Waals surface area contributed by atoms with Gasteiger partial charge in [0.1, 0.15) is 11.6 Å². The van der Waals surface area contributed by atoms with Gasteiger partial charge >= 0.3 is 0 Å². The highest BCUT2D eigenvalue weighted by molar-refractivity contribution is 5.37.